The van der Waals surface area contributed by atoms with Crippen molar-refractivity contribution in [3.63, 3.8) is 0 Å². The summed E-state index contributed by atoms with van der Waals surface area (Å²) >= 11 is 0. The molecule has 0 amide bonds. The van der Waals surface area contributed by atoms with Gasteiger partial charge in [0.1, 0.15) is 5.54 Å². The molecule has 2 aliphatic rings. The molecule has 42 heavy (non-hydrogen) atoms. The van der Waals surface area contributed by atoms with Crippen molar-refractivity contribution in [3.8, 4) is 0 Å². The van der Waals surface area contributed by atoms with Gasteiger partial charge in [0.05, 0.1) is 0 Å². The highest BCUT2D eigenvalue weighted by atomic mass is 31.0. The van der Waals surface area contributed by atoms with E-state index in [1.165, 1.54) is 0 Å². The molecule has 0 radical (unpaired) electrons. The topological polar surface area (TPSA) is 113 Å². The Kier molecular flexibility index (Phi) is 9.03. The number of hydrogen-bond donors (Lipinski definition) is 2. The number of hydrogen-bond acceptors (Lipinski definition) is 8. The Morgan fingerprint density at radius 1 is 0.690 bits per heavy atom. The molecular weight excluding hydrogens is 543 g/mol. The SMILES string of the molecule is C1CC(c2nn[nH]n2)CCN1.PN1CCC(c2nnnn2C(c2ccccc2)(c2ccccc2)c2ccccc2)CC1. The van der Waals surface area contributed by atoms with Gasteiger partial charge in [-0.2, -0.15) is 5.21 Å². The lowest BCUT2D eigenvalue weighted by Gasteiger charge is -2.38. The quantitative estimate of drug-likeness (QED) is 0.228. The van der Waals surface area contributed by atoms with Crippen LogP contribution in [0.5, 0.6) is 0 Å². The van der Waals surface area contributed by atoms with Crippen LogP contribution in [-0.2, 0) is 5.54 Å². The second-order valence-electron chi connectivity index (χ2n) is 10.9. The molecule has 2 fully saturated rings. The van der Waals surface area contributed by atoms with E-state index in [-0.39, 0.29) is 0 Å². The van der Waals surface area contributed by atoms with Crippen molar-refractivity contribution >= 4 is 9.39 Å². The van der Waals surface area contributed by atoms with Gasteiger partial charge in [0.25, 0.3) is 0 Å². The summed E-state index contributed by atoms with van der Waals surface area (Å²) in [6.45, 7) is 4.19. The number of aromatic amines is 1. The first kappa shape index (κ1) is 28.3. The fraction of sp³-hybridized carbons (Fsp3) is 0.355. The van der Waals surface area contributed by atoms with Gasteiger partial charge in [-0.25, -0.2) is 4.68 Å². The zero-order chi connectivity index (χ0) is 28.6. The normalized spacial score (nSPS) is 17.0. The Bertz CT molecular complexity index is 1380. The van der Waals surface area contributed by atoms with Gasteiger partial charge >= 0.3 is 0 Å². The van der Waals surface area contributed by atoms with Gasteiger partial charge < -0.3 is 5.32 Å². The molecule has 2 N–H and O–H groups in total. The number of H-pyrrole nitrogens is 1. The van der Waals surface area contributed by atoms with Gasteiger partial charge in [-0.15, -0.1) is 15.3 Å². The molecule has 2 saturated heterocycles. The highest BCUT2D eigenvalue weighted by Crippen LogP contribution is 2.42. The van der Waals surface area contributed by atoms with Gasteiger partial charge in [0, 0.05) is 24.9 Å². The summed E-state index contributed by atoms with van der Waals surface area (Å²) < 4.78 is 4.37. The molecule has 2 aliphatic heterocycles. The lowest BCUT2D eigenvalue weighted by atomic mass is 9.76. The largest absolute Gasteiger partial charge is 0.317 e. The second-order valence-corrected chi connectivity index (χ2v) is 11.6. The predicted octanol–water partition coefficient (Wildman–Crippen LogP) is 4.15. The van der Waals surface area contributed by atoms with Crippen LogP contribution in [0.1, 0.15) is 65.9 Å². The number of aromatic nitrogens is 8. The molecule has 0 spiro atoms. The molecule has 0 aliphatic carbocycles. The molecule has 7 rings (SSSR count). The Labute approximate surface area is 248 Å². The van der Waals surface area contributed by atoms with Crippen molar-refractivity contribution in [3.05, 3.63) is 119 Å². The summed E-state index contributed by atoms with van der Waals surface area (Å²) in [5.41, 5.74) is 2.78. The molecule has 1 unspecified atom stereocenters. The molecule has 5 aromatic rings. The van der Waals surface area contributed by atoms with Crippen molar-refractivity contribution in [2.45, 2.75) is 43.1 Å². The van der Waals surface area contributed by atoms with Crippen molar-refractivity contribution < 1.29 is 0 Å². The number of nitrogens with one attached hydrogen (secondary N) is 2. The third-order valence-corrected chi connectivity index (χ3v) is 8.86. The molecule has 10 nitrogen and oxygen atoms in total. The average molecular weight is 581 g/mol. The molecule has 216 valence electrons. The van der Waals surface area contributed by atoms with E-state index in [1.54, 1.807) is 0 Å². The molecule has 4 heterocycles. The predicted molar refractivity (Wildman–Crippen MR) is 165 cm³/mol. The summed E-state index contributed by atoms with van der Waals surface area (Å²) in [5, 5.41) is 30.7. The lowest BCUT2D eigenvalue weighted by molar-refractivity contribution is 0.318. The van der Waals surface area contributed by atoms with E-state index in [0.29, 0.717) is 11.8 Å². The molecule has 11 heteroatoms. The molecular formula is C31H37N10P. The minimum Gasteiger partial charge on any atom is -0.317 e. The average Bonchev–Trinajstić information content (AvgIpc) is 3.78. The molecule has 2 aromatic heterocycles. The van der Waals surface area contributed by atoms with E-state index >= 15 is 0 Å². The van der Waals surface area contributed by atoms with E-state index in [2.05, 4.69) is 151 Å². The van der Waals surface area contributed by atoms with Crippen LogP contribution in [0.4, 0.5) is 0 Å². The second kappa shape index (κ2) is 13.4. The molecule has 3 aromatic carbocycles. The van der Waals surface area contributed by atoms with Crippen LogP contribution < -0.4 is 5.32 Å². The first-order chi connectivity index (χ1) is 20.8. The minimum atomic E-state index is -0.652. The molecule has 1 atom stereocenters. The van der Waals surface area contributed by atoms with Crippen molar-refractivity contribution in [2.75, 3.05) is 26.2 Å². The van der Waals surface area contributed by atoms with Crippen LogP contribution in [0, 0.1) is 0 Å². The Hall–Kier alpha value is -3.85. The third kappa shape index (κ3) is 5.88. The van der Waals surface area contributed by atoms with Crippen molar-refractivity contribution in [1.29, 1.82) is 0 Å². The van der Waals surface area contributed by atoms with Crippen LogP contribution in [0.3, 0.4) is 0 Å². The van der Waals surface area contributed by atoms with Crippen LogP contribution in [0.2, 0.25) is 0 Å². The summed E-state index contributed by atoms with van der Waals surface area (Å²) in [7, 11) is 2.82. The standard InChI is InChI=1S/C25H26N5P.C6H11N5/c31-29-18-16-20(17-19-29)24-26-27-28-30(24)25(21-10-4-1-5-11-21,22-12-6-2-7-13-22)23-14-8-3-9-15-23;1-3-7-4-2-5(1)6-8-10-11-9-6/h1-15,20H,16-19,31H2;5,7H,1-4H2,(H,8,9,10,11). The zero-order valence-electron chi connectivity index (χ0n) is 23.6. The van der Waals surface area contributed by atoms with E-state index in [0.717, 1.165) is 80.2 Å². The van der Waals surface area contributed by atoms with E-state index in [1.807, 2.05) is 0 Å². The van der Waals surface area contributed by atoms with Crippen LogP contribution >= 0.6 is 9.39 Å². The van der Waals surface area contributed by atoms with Crippen LogP contribution in [-0.4, -0.2) is 71.7 Å². The Morgan fingerprint density at radius 3 is 1.74 bits per heavy atom. The van der Waals surface area contributed by atoms with Gasteiger partial charge in [-0.3, -0.25) is 4.67 Å². The first-order valence-electron chi connectivity index (χ1n) is 14.7. The lowest BCUT2D eigenvalue weighted by Crippen LogP contribution is -2.41. The van der Waals surface area contributed by atoms with Crippen LogP contribution in [0.25, 0.3) is 0 Å². The van der Waals surface area contributed by atoms with Gasteiger partial charge in [-0.05, 0) is 65.9 Å². The highest BCUT2D eigenvalue weighted by Gasteiger charge is 2.42. The van der Waals surface area contributed by atoms with Crippen molar-refractivity contribution in [1.82, 2.24) is 50.8 Å². The number of tetrazole rings is 2. The summed E-state index contributed by atoms with van der Waals surface area (Å²) in [6, 6.07) is 31.8. The van der Waals surface area contributed by atoms with E-state index in [4.69, 9.17) is 0 Å². The summed E-state index contributed by atoms with van der Waals surface area (Å²) in [6.07, 6.45) is 4.33. The van der Waals surface area contributed by atoms with Gasteiger partial charge in [0.15, 0.2) is 11.6 Å². The molecule has 0 bridgehead atoms. The van der Waals surface area contributed by atoms with E-state index in [9.17, 15) is 0 Å². The fourth-order valence-corrected chi connectivity index (χ4v) is 6.47. The van der Waals surface area contributed by atoms with Gasteiger partial charge in [0.2, 0.25) is 0 Å². The fourth-order valence-electron chi connectivity index (χ4n) is 6.17. The summed E-state index contributed by atoms with van der Waals surface area (Å²) in [5.74, 6) is 2.65. The maximum atomic E-state index is 4.65. The molecule has 0 saturated carbocycles. The third-order valence-electron chi connectivity index (χ3n) is 8.35. The zero-order valence-corrected chi connectivity index (χ0v) is 24.8. The maximum Gasteiger partial charge on any atom is 0.177 e. The number of rotatable bonds is 6. The minimum absolute atomic E-state index is 0.322. The highest BCUT2D eigenvalue weighted by molar-refractivity contribution is 7.13. The Balaban J connectivity index is 0.000000240. The smallest absolute Gasteiger partial charge is 0.177 e. The summed E-state index contributed by atoms with van der Waals surface area (Å²) in [4.78, 5) is 0. The van der Waals surface area contributed by atoms with Gasteiger partial charge in [-0.1, -0.05) is 106 Å². The Morgan fingerprint density at radius 2 is 1.24 bits per heavy atom. The number of piperidine rings is 2. The maximum absolute atomic E-state index is 4.65. The first-order valence-corrected chi connectivity index (χ1v) is 15.2. The number of nitrogens with zero attached hydrogens (tertiary/aromatic N) is 8. The van der Waals surface area contributed by atoms with E-state index < -0.39 is 5.54 Å². The monoisotopic (exact) mass is 580 g/mol. The number of benzene rings is 3. The van der Waals surface area contributed by atoms with Crippen molar-refractivity contribution in [2.24, 2.45) is 0 Å². The van der Waals surface area contributed by atoms with Crippen LogP contribution in [0.15, 0.2) is 91.0 Å².